The van der Waals surface area contributed by atoms with E-state index >= 15 is 0 Å². The van der Waals surface area contributed by atoms with Gasteiger partial charge in [-0.1, -0.05) is 23.2 Å². The molecule has 96 valence electrons. The zero-order valence-electron chi connectivity index (χ0n) is 9.69. The van der Waals surface area contributed by atoms with Crippen LogP contribution in [0.25, 0.3) is 5.53 Å². The van der Waals surface area contributed by atoms with Crippen molar-refractivity contribution >= 4 is 46.4 Å². The highest BCUT2D eigenvalue weighted by Crippen LogP contribution is 2.22. The van der Waals surface area contributed by atoms with Crippen LogP contribution in [0.2, 0.25) is 10.0 Å². The summed E-state index contributed by atoms with van der Waals surface area (Å²) in [4.78, 5) is 15.0. The van der Waals surface area contributed by atoms with Crippen LogP contribution in [-0.2, 0) is 0 Å². The summed E-state index contributed by atoms with van der Waals surface area (Å²) in [5, 5.41) is 10.5. The molecule has 0 aliphatic carbocycles. The van der Waals surface area contributed by atoms with Crippen molar-refractivity contribution in [3.8, 4) is 0 Å². The number of nitrogens with one attached hydrogen (secondary N) is 1. The lowest BCUT2D eigenvalue weighted by atomic mass is 10.2. The van der Waals surface area contributed by atoms with Gasteiger partial charge in [0.15, 0.2) is 5.71 Å². The molecule has 2 rings (SSSR count). The molecule has 0 bridgehead atoms. The average Bonchev–Trinajstić information content (AvgIpc) is 2.73. The minimum absolute atomic E-state index is 0.0797. The van der Waals surface area contributed by atoms with Crippen LogP contribution in [0.4, 0.5) is 0 Å². The lowest BCUT2D eigenvalue weighted by molar-refractivity contribution is 0.00162. The van der Waals surface area contributed by atoms with E-state index < -0.39 is 5.91 Å². The van der Waals surface area contributed by atoms with Crippen molar-refractivity contribution in [2.24, 2.45) is 10.2 Å². The van der Waals surface area contributed by atoms with Gasteiger partial charge in [0.1, 0.15) is 0 Å². The lowest BCUT2D eigenvalue weighted by Gasteiger charge is -2.03. The van der Waals surface area contributed by atoms with Crippen molar-refractivity contribution in [2.45, 2.75) is 6.92 Å². The molecule has 6 nitrogen and oxygen atoms in total. The van der Waals surface area contributed by atoms with E-state index in [1.165, 1.54) is 18.2 Å². The first-order chi connectivity index (χ1) is 9.02. The first-order valence-corrected chi connectivity index (χ1v) is 5.90. The number of carbonyl (C=O) groups is 1. The molecule has 1 aliphatic rings. The zero-order chi connectivity index (χ0) is 14.0. The zero-order valence-corrected chi connectivity index (χ0v) is 11.2. The van der Waals surface area contributed by atoms with Crippen molar-refractivity contribution in [3.63, 3.8) is 0 Å². The van der Waals surface area contributed by atoms with Gasteiger partial charge in [0, 0.05) is 5.56 Å². The third kappa shape index (κ3) is 2.71. The second-order valence-electron chi connectivity index (χ2n) is 3.67. The number of benzene rings is 1. The van der Waals surface area contributed by atoms with Crippen LogP contribution < -0.4 is 5.32 Å². The summed E-state index contributed by atoms with van der Waals surface area (Å²) in [6, 6.07) is 4.46. The molecule has 1 N–H and O–H groups in total. The maximum Gasteiger partial charge on any atom is 0.382 e. The van der Waals surface area contributed by atoms with Crippen molar-refractivity contribution in [1.29, 1.82) is 0 Å². The molecule has 0 radical (unpaired) electrons. The van der Waals surface area contributed by atoms with E-state index in [0.29, 0.717) is 16.3 Å². The van der Waals surface area contributed by atoms with Gasteiger partial charge in [0.25, 0.3) is 5.91 Å². The van der Waals surface area contributed by atoms with E-state index in [-0.39, 0.29) is 16.6 Å². The Morgan fingerprint density at radius 2 is 2.05 bits per heavy atom. The number of hydrogen-bond donors (Lipinski definition) is 1. The molecule has 0 aromatic heterocycles. The number of hydrogen-bond acceptors (Lipinski definition) is 3. The van der Waals surface area contributed by atoms with Gasteiger partial charge < -0.3 is 5.53 Å². The number of carbonyl (C=O) groups excluding carboxylic acids is 1. The summed E-state index contributed by atoms with van der Waals surface area (Å²) in [6.07, 6.45) is 0. The molecule has 0 unspecified atom stereocenters. The van der Waals surface area contributed by atoms with Crippen LogP contribution >= 0.6 is 23.2 Å². The van der Waals surface area contributed by atoms with Gasteiger partial charge >= 0.3 is 5.71 Å². The Morgan fingerprint density at radius 1 is 1.32 bits per heavy atom. The summed E-state index contributed by atoms with van der Waals surface area (Å²) >= 11 is 11.6. The Balaban J connectivity index is 2.19. The maximum atomic E-state index is 12.0. The van der Waals surface area contributed by atoms with Crippen LogP contribution in [0.5, 0.6) is 0 Å². The van der Waals surface area contributed by atoms with Gasteiger partial charge in [0.05, 0.1) is 10.0 Å². The van der Waals surface area contributed by atoms with Gasteiger partial charge in [-0.2, -0.15) is 4.79 Å². The van der Waals surface area contributed by atoms with E-state index in [9.17, 15) is 4.79 Å². The van der Waals surface area contributed by atoms with Crippen LogP contribution in [0.1, 0.15) is 17.3 Å². The van der Waals surface area contributed by atoms with Crippen molar-refractivity contribution < 1.29 is 9.58 Å². The Hall–Kier alpha value is -2.01. The van der Waals surface area contributed by atoms with E-state index in [0.717, 1.165) is 0 Å². The average molecular weight is 296 g/mol. The van der Waals surface area contributed by atoms with Gasteiger partial charge in [0.2, 0.25) is 5.84 Å². The molecule has 1 aliphatic heterocycles. The second kappa shape index (κ2) is 5.32. The summed E-state index contributed by atoms with van der Waals surface area (Å²) in [5.74, 6) is -0.376. The molecule has 0 saturated heterocycles. The molecule has 0 saturated carbocycles. The highest BCUT2D eigenvalue weighted by molar-refractivity contribution is 6.68. The first-order valence-electron chi connectivity index (χ1n) is 5.14. The molecule has 8 heteroatoms. The van der Waals surface area contributed by atoms with E-state index in [1.54, 1.807) is 6.92 Å². The summed E-state index contributed by atoms with van der Waals surface area (Å²) < 4.78 is 0. The van der Waals surface area contributed by atoms with Gasteiger partial charge in [-0.15, -0.1) is 10.2 Å². The fourth-order valence-corrected chi connectivity index (χ4v) is 1.71. The van der Waals surface area contributed by atoms with Crippen molar-refractivity contribution in [2.75, 3.05) is 0 Å². The van der Waals surface area contributed by atoms with Crippen molar-refractivity contribution in [3.05, 3.63) is 39.3 Å². The Bertz CT molecular complexity index is 674. The number of amides is 1. The number of nitrogens with zero attached hydrogens (tertiary/aromatic N) is 4. The monoisotopic (exact) mass is 295 g/mol. The molecule has 1 amide bonds. The van der Waals surface area contributed by atoms with Gasteiger partial charge in [-0.3, -0.25) is 10.1 Å². The van der Waals surface area contributed by atoms with E-state index in [2.05, 4.69) is 20.3 Å². The minimum Gasteiger partial charge on any atom is -0.361 e. The largest absolute Gasteiger partial charge is 0.382 e. The molecular weight excluding hydrogens is 289 g/mol. The highest BCUT2D eigenvalue weighted by atomic mass is 35.5. The third-order valence-electron chi connectivity index (χ3n) is 2.38. The molecule has 0 fully saturated rings. The number of rotatable bonds is 1. The van der Waals surface area contributed by atoms with Gasteiger partial charge in [-0.05, 0) is 25.1 Å². The lowest BCUT2D eigenvalue weighted by Crippen LogP contribution is -2.37. The predicted octanol–water partition coefficient (Wildman–Crippen LogP) is 2.18. The quantitative estimate of drug-likeness (QED) is 0.624. The Kier molecular flexibility index (Phi) is 3.76. The molecule has 0 spiro atoms. The predicted molar refractivity (Wildman–Crippen MR) is 73.1 cm³/mol. The maximum absolute atomic E-state index is 12.0. The second-order valence-corrected chi connectivity index (χ2v) is 4.48. The van der Waals surface area contributed by atoms with Crippen LogP contribution in [0, 0.1) is 0 Å². The molecular formula is C11H7Cl2N5O. The standard InChI is InChI=1S/C11H7Cl2N5O/c1-5-9(16-14)10(18-17-5)15-11(19)6-2-3-7(12)8(13)4-6/h2-4H,1H3,(H,15,18,19). The molecule has 1 aromatic rings. The van der Waals surface area contributed by atoms with E-state index in [4.69, 9.17) is 28.7 Å². The third-order valence-corrected chi connectivity index (χ3v) is 3.12. The summed E-state index contributed by atoms with van der Waals surface area (Å²) in [5.41, 5.74) is 9.64. The molecule has 19 heavy (non-hydrogen) atoms. The Labute approximate surface area is 118 Å². The Morgan fingerprint density at radius 3 is 2.68 bits per heavy atom. The summed E-state index contributed by atoms with van der Waals surface area (Å²) in [7, 11) is 0. The smallest absolute Gasteiger partial charge is 0.361 e. The SMILES string of the molecule is CC1=NN=C(NC(=O)c2ccc(Cl)c(Cl)c2)C1=[N+]=[N-]. The fourth-order valence-electron chi connectivity index (χ4n) is 1.41. The molecule has 0 atom stereocenters. The molecule has 1 aromatic carbocycles. The normalized spacial score (nSPS) is 13.7. The first kappa shape index (κ1) is 13.4. The number of amidine groups is 1. The topological polar surface area (TPSA) is 90.2 Å². The van der Waals surface area contributed by atoms with Crippen LogP contribution in [0.3, 0.4) is 0 Å². The number of halogens is 2. The van der Waals surface area contributed by atoms with E-state index in [1.807, 2.05) is 0 Å². The summed E-state index contributed by atoms with van der Waals surface area (Å²) in [6.45, 7) is 1.61. The minimum atomic E-state index is -0.455. The van der Waals surface area contributed by atoms with Crippen LogP contribution in [-0.4, -0.2) is 28.0 Å². The van der Waals surface area contributed by atoms with Crippen molar-refractivity contribution in [1.82, 2.24) is 5.32 Å². The molecule has 1 heterocycles. The van der Waals surface area contributed by atoms with Gasteiger partial charge in [-0.25, -0.2) is 0 Å². The fraction of sp³-hybridized carbons (Fsp3) is 0.0909. The highest BCUT2D eigenvalue weighted by Gasteiger charge is 2.28. The van der Waals surface area contributed by atoms with Crippen LogP contribution in [0.15, 0.2) is 28.4 Å².